The van der Waals surface area contributed by atoms with Gasteiger partial charge in [-0.3, -0.25) is 4.90 Å². The predicted molar refractivity (Wildman–Crippen MR) is 75.5 cm³/mol. The molecule has 3 heteroatoms. The summed E-state index contributed by atoms with van der Waals surface area (Å²) < 4.78 is 5.77. The van der Waals surface area contributed by atoms with Crippen LogP contribution in [-0.4, -0.2) is 42.8 Å². The first-order chi connectivity index (χ1) is 8.39. The maximum atomic E-state index is 5.98. The molecule has 4 unspecified atom stereocenters. The molecule has 4 atom stereocenters. The van der Waals surface area contributed by atoms with Gasteiger partial charge in [0, 0.05) is 25.2 Å². The van der Waals surface area contributed by atoms with Gasteiger partial charge in [-0.05, 0) is 37.5 Å². The fourth-order valence-corrected chi connectivity index (χ4v) is 3.79. The van der Waals surface area contributed by atoms with E-state index >= 15 is 0 Å². The largest absolute Gasteiger partial charge is 0.374 e. The van der Waals surface area contributed by atoms with Crippen molar-refractivity contribution >= 4 is 0 Å². The van der Waals surface area contributed by atoms with Crippen LogP contribution in [-0.2, 0) is 4.74 Å². The lowest BCUT2D eigenvalue weighted by Gasteiger charge is -2.47. The SMILES string of the molecule is CC(N)C1CN(C2CCC(C)(C)CC2C)CCO1. The number of rotatable bonds is 2. The summed E-state index contributed by atoms with van der Waals surface area (Å²) in [4.78, 5) is 2.64. The molecule has 0 aromatic carbocycles. The molecular formula is C15H30N2O. The van der Waals surface area contributed by atoms with Gasteiger partial charge in [0.1, 0.15) is 0 Å². The number of hydrogen-bond acceptors (Lipinski definition) is 3. The highest BCUT2D eigenvalue weighted by molar-refractivity contribution is 4.91. The number of nitrogens with two attached hydrogens (primary N) is 1. The van der Waals surface area contributed by atoms with Crippen LogP contribution in [0.4, 0.5) is 0 Å². The van der Waals surface area contributed by atoms with Gasteiger partial charge >= 0.3 is 0 Å². The van der Waals surface area contributed by atoms with Crippen LogP contribution in [0.1, 0.15) is 47.0 Å². The van der Waals surface area contributed by atoms with Gasteiger partial charge in [0.2, 0.25) is 0 Å². The minimum Gasteiger partial charge on any atom is -0.374 e. The standard InChI is InChI=1S/C15H30N2O/c1-11-9-15(3,4)6-5-13(11)17-7-8-18-14(10-17)12(2)16/h11-14H,5-10,16H2,1-4H3. The minimum absolute atomic E-state index is 0.142. The van der Waals surface area contributed by atoms with Gasteiger partial charge in [0.25, 0.3) is 0 Å². The van der Waals surface area contributed by atoms with E-state index in [4.69, 9.17) is 10.5 Å². The fourth-order valence-electron chi connectivity index (χ4n) is 3.79. The average Bonchev–Trinajstić information content (AvgIpc) is 2.28. The average molecular weight is 254 g/mol. The first-order valence-electron chi connectivity index (χ1n) is 7.50. The zero-order chi connectivity index (χ0) is 13.3. The molecule has 1 aliphatic heterocycles. The Morgan fingerprint density at radius 1 is 1.39 bits per heavy atom. The van der Waals surface area contributed by atoms with Gasteiger partial charge in [-0.25, -0.2) is 0 Å². The topological polar surface area (TPSA) is 38.5 Å². The molecule has 0 aromatic rings. The Balaban J connectivity index is 1.95. The zero-order valence-electron chi connectivity index (χ0n) is 12.5. The van der Waals surface area contributed by atoms with Crippen molar-refractivity contribution < 1.29 is 4.74 Å². The highest BCUT2D eigenvalue weighted by atomic mass is 16.5. The lowest BCUT2D eigenvalue weighted by molar-refractivity contribution is -0.0701. The molecule has 1 saturated carbocycles. The maximum absolute atomic E-state index is 5.98. The van der Waals surface area contributed by atoms with E-state index < -0.39 is 0 Å². The molecule has 0 amide bonds. The Labute approximate surface area is 112 Å². The van der Waals surface area contributed by atoms with Crippen LogP contribution in [0, 0.1) is 11.3 Å². The molecule has 1 aliphatic carbocycles. The lowest BCUT2D eigenvalue weighted by Crippen LogP contribution is -2.55. The maximum Gasteiger partial charge on any atom is 0.0850 e. The van der Waals surface area contributed by atoms with E-state index in [2.05, 4.69) is 32.6 Å². The van der Waals surface area contributed by atoms with Gasteiger partial charge in [-0.2, -0.15) is 0 Å². The molecule has 2 rings (SSSR count). The van der Waals surface area contributed by atoms with E-state index in [1.54, 1.807) is 0 Å². The summed E-state index contributed by atoms with van der Waals surface area (Å²) in [5.74, 6) is 0.792. The Kier molecular flexibility index (Phi) is 4.35. The Morgan fingerprint density at radius 2 is 2.11 bits per heavy atom. The second-order valence-electron chi connectivity index (χ2n) is 7.21. The molecule has 0 radical (unpaired) electrons. The molecule has 1 saturated heterocycles. The molecule has 1 heterocycles. The van der Waals surface area contributed by atoms with Crippen LogP contribution >= 0.6 is 0 Å². The molecule has 0 bridgehead atoms. The van der Waals surface area contributed by atoms with Crippen LogP contribution in [0.2, 0.25) is 0 Å². The van der Waals surface area contributed by atoms with E-state index in [0.717, 1.165) is 31.7 Å². The van der Waals surface area contributed by atoms with Crippen molar-refractivity contribution in [1.82, 2.24) is 4.90 Å². The van der Waals surface area contributed by atoms with Crippen molar-refractivity contribution in [1.29, 1.82) is 0 Å². The van der Waals surface area contributed by atoms with E-state index in [1.165, 1.54) is 19.3 Å². The molecule has 2 aliphatic rings. The molecule has 0 aromatic heterocycles. The summed E-state index contributed by atoms with van der Waals surface area (Å²) >= 11 is 0. The molecule has 2 fully saturated rings. The third-order valence-electron chi connectivity index (χ3n) is 4.83. The summed E-state index contributed by atoms with van der Waals surface area (Å²) in [5, 5.41) is 0. The van der Waals surface area contributed by atoms with Gasteiger partial charge in [0.05, 0.1) is 12.7 Å². The van der Waals surface area contributed by atoms with Gasteiger partial charge < -0.3 is 10.5 Å². The quantitative estimate of drug-likeness (QED) is 0.821. The molecule has 18 heavy (non-hydrogen) atoms. The van der Waals surface area contributed by atoms with Crippen LogP contribution in [0.5, 0.6) is 0 Å². The third kappa shape index (κ3) is 3.25. The van der Waals surface area contributed by atoms with Crippen molar-refractivity contribution in [3.8, 4) is 0 Å². The first kappa shape index (κ1) is 14.3. The van der Waals surface area contributed by atoms with Crippen molar-refractivity contribution in [3.05, 3.63) is 0 Å². The van der Waals surface area contributed by atoms with E-state index in [9.17, 15) is 0 Å². The second-order valence-corrected chi connectivity index (χ2v) is 7.21. The molecule has 2 N–H and O–H groups in total. The smallest absolute Gasteiger partial charge is 0.0850 e. The van der Waals surface area contributed by atoms with E-state index in [-0.39, 0.29) is 12.1 Å². The normalized spacial score (nSPS) is 39.5. The number of hydrogen-bond donors (Lipinski definition) is 1. The highest BCUT2D eigenvalue weighted by Crippen LogP contribution is 2.40. The first-order valence-corrected chi connectivity index (χ1v) is 7.50. The summed E-state index contributed by atoms with van der Waals surface area (Å²) in [6, 6.07) is 0.881. The van der Waals surface area contributed by atoms with Crippen LogP contribution in [0.25, 0.3) is 0 Å². The predicted octanol–water partition coefficient (Wildman–Crippen LogP) is 2.25. The zero-order valence-corrected chi connectivity index (χ0v) is 12.5. The Bertz CT molecular complexity index is 278. The van der Waals surface area contributed by atoms with Gasteiger partial charge in [0.15, 0.2) is 0 Å². The van der Waals surface area contributed by atoms with E-state index in [1.807, 2.05) is 0 Å². The molecule has 106 valence electrons. The van der Waals surface area contributed by atoms with Crippen LogP contribution < -0.4 is 5.73 Å². The molecule has 3 nitrogen and oxygen atoms in total. The second kappa shape index (κ2) is 5.48. The monoisotopic (exact) mass is 254 g/mol. The third-order valence-corrected chi connectivity index (χ3v) is 4.83. The lowest BCUT2D eigenvalue weighted by atomic mass is 9.70. The van der Waals surface area contributed by atoms with Crippen molar-refractivity contribution in [2.45, 2.75) is 65.1 Å². The summed E-state index contributed by atoms with van der Waals surface area (Å²) in [6.45, 7) is 12.2. The summed E-state index contributed by atoms with van der Waals surface area (Å²) in [7, 11) is 0. The number of ether oxygens (including phenoxy) is 1. The van der Waals surface area contributed by atoms with E-state index in [0.29, 0.717) is 5.41 Å². The van der Waals surface area contributed by atoms with Gasteiger partial charge in [-0.15, -0.1) is 0 Å². The highest BCUT2D eigenvalue weighted by Gasteiger charge is 2.37. The number of morpholine rings is 1. The van der Waals surface area contributed by atoms with Crippen molar-refractivity contribution in [3.63, 3.8) is 0 Å². The minimum atomic E-state index is 0.142. The van der Waals surface area contributed by atoms with Crippen LogP contribution in [0.3, 0.4) is 0 Å². The van der Waals surface area contributed by atoms with Crippen molar-refractivity contribution in [2.24, 2.45) is 17.1 Å². The Morgan fingerprint density at radius 3 is 2.72 bits per heavy atom. The molecular weight excluding hydrogens is 224 g/mol. The number of nitrogens with zero attached hydrogens (tertiary/aromatic N) is 1. The van der Waals surface area contributed by atoms with Gasteiger partial charge in [-0.1, -0.05) is 20.8 Å². The fraction of sp³-hybridized carbons (Fsp3) is 1.00. The summed E-state index contributed by atoms with van der Waals surface area (Å²) in [5.41, 5.74) is 6.52. The molecule has 0 spiro atoms. The van der Waals surface area contributed by atoms with Crippen molar-refractivity contribution in [2.75, 3.05) is 19.7 Å². The Hall–Kier alpha value is -0.120. The summed E-state index contributed by atoms with van der Waals surface area (Å²) in [6.07, 6.45) is 4.25. The van der Waals surface area contributed by atoms with Crippen LogP contribution in [0.15, 0.2) is 0 Å².